The second-order valence-corrected chi connectivity index (χ2v) is 4.91. The summed E-state index contributed by atoms with van der Waals surface area (Å²) in [5.41, 5.74) is 0.490. The Balaban J connectivity index is 2.62. The van der Waals surface area contributed by atoms with E-state index in [1.807, 2.05) is 0 Å². The van der Waals surface area contributed by atoms with Crippen molar-refractivity contribution < 1.29 is 19.0 Å². The fraction of sp³-hybridized carbons (Fsp3) is 0.588. The van der Waals surface area contributed by atoms with Crippen LogP contribution in [-0.2, 0) is 4.74 Å². The monoisotopic (exact) mass is 294 g/mol. The van der Waals surface area contributed by atoms with Gasteiger partial charge in [-0.2, -0.15) is 0 Å². The molecule has 0 radical (unpaired) electrons. The van der Waals surface area contributed by atoms with Gasteiger partial charge in [-0.05, 0) is 31.0 Å². The second-order valence-electron chi connectivity index (χ2n) is 4.91. The third-order valence-electron chi connectivity index (χ3n) is 3.14. The number of carbonyl (C=O) groups is 1. The maximum atomic E-state index is 11.9. The highest BCUT2D eigenvalue weighted by Crippen LogP contribution is 2.28. The smallest absolute Gasteiger partial charge is 0.338 e. The van der Waals surface area contributed by atoms with Gasteiger partial charge in [0, 0.05) is 0 Å². The van der Waals surface area contributed by atoms with Gasteiger partial charge in [0.25, 0.3) is 0 Å². The molecule has 21 heavy (non-hydrogen) atoms. The van der Waals surface area contributed by atoms with Crippen LogP contribution in [0, 0.1) is 0 Å². The molecule has 0 unspecified atom stereocenters. The van der Waals surface area contributed by atoms with Crippen LogP contribution in [0.1, 0.15) is 56.3 Å². The molecular formula is C17H26O4. The van der Waals surface area contributed by atoms with Crippen LogP contribution in [0.2, 0.25) is 0 Å². The summed E-state index contributed by atoms with van der Waals surface area (Å²) < 4.78 is 16.2. The molecule has 0 spiro atoms. The van der Waals surface area contributed by atoms with E-state index in [4.69, 9.17) is 14.2 Å². The summed E-state index contributed by atoms with van der Waals surface area (Å²) in [6, 6.07) is 5.15. The van der Waals surface area contributed by atoms with Gasteiger partial charge in [-0.3, -0.25) is 0 Å². The van der Waals surface area contributed by atoms with Gasteiger partial charge >= 0.3 is 5.97 Å². The Morgan fingerprint density at radius 3 is 2.43 bits per heavy atom. The summed E-state index contributed by atoms with van der Waals surface area (Å²) in [5, 5.41) is 0. The third-order valence-corrected chi connectivity index (χ3v) is 3.14. The van der Waals surface area contributed by atoms with Crippen molar-refractivity contribution in [2.45, 2.75) is 46.0 Å². The minimum Gasteiger partial charge on any atom is -0.493 e. The first-order valence-electron chi connectivity index (χ1n) is 7.70. The van der Waals surface area contributed by atoms with Gasteiger partial charge < -0.3 is 14.2 Å². The molecular weight excluding hydrogens is 268 g/mol. The average molecular weight is 294 g/mol. The predicted octanol–water partition coefficient (Wildman–Crippen LogP) is 4.22. The lowest BCUT2D eigenvalue weighted by Crippen LogP contribution is -2.07. The van der Waals surface area contributed by atoms with Crippen LogP contribution >= 0.6 is 0 Å². The van der Waals surface area contributed by atoms with E-state index in [9.17, 15) is 4.79 Å². The van der Waals surface area contributed by atoms with Crippen LogP contribution in [0.15, 0.2) is 18.2 Å². The third kappa shape index (κ3) is 6.06. The van der Waals surface area contributed by atoms with Gasteiger partial charge in [0.15, 0.2) is 11.5 Å². The first-order valence-corrected chi connectivity index (χ1v) is 7.70. The van der Waals surface area contributed by atoms with Crippen molar-refractivity contribution in [3.63, 3.8) is 0 Å². The van der Waals surface area contributed by atoms with Gasteiger partial charge in [-0.1, -0.05) is 33.1 Å². The lowest BCUT2D eigenvalue weighted by Gasteiger charge is -2.12. The number of rotatable bonds is 10. The van der Waals surface area contributed by atoms with E-state index in [0.29, 0.717) is 30.3 Å². The number of ether oxygens (including phenoxy) is 3. The molecule has 0 amide bonds. The lowest BCUT2D eigenvalue weighted by molar-refractivity contribution is 0.0499. The Morgan fingerprint density at radius 2 is 1.76 bits per heavy atom. The number of hydrogen-bond acceptors (Lipinski definition) is 4. The van der Waals surface area contributed by atoms with Crippen molar-refractivity contribution in [1.82, 2.24) is 0 Å². The van der Waals surface area contributed by atoms with Gasteiger partial charge in [0.1, 0.15) is 0 Å². The van der Waals surface area contributed by atoms with Crippen molar-refractivity contribution in [2.75, 3.05) is 20.3 Å². The molecule has 1 aromatic carbocycles. The molecule has 0 saturated carbocycles. The minimum absolute atomic E-state index is 0.320. The molecule has 118 valence electrons. The van der Waals surface area contributed by atoms with Crippen LogP contribution in [0.5, 0.6) is 11.5 Å². The molecule has 0 N–H and O–H groups in total. The zero-order valence-corrected chi connectivity index (χ0v) is 13.3. The van der Waals surface area contributed by atoms with Crippen molar-refractivity contribution >= 4 is 5.97 Å². The quantitative estimate of drug-likeness (QED) is 0.479. The summed E-state index contributed by atoms with van der Waals surface area (Å²) in [7, 11) is 1.57. The molecule has 1 rings (SSSR count). The standard InChI is InChI=1S/C17H26O4/c1-4-6-8-12-20-15-10-9-14(13-16(15)19-3)17(18)21-11-7-5-2/h9-10,13H,4-8,11-12H2,1-3H3. The highest BCUT2D eigenvalue weighted by molar-refractivity contribution is 5.90. The van der Waals surface area contributed by atoms with E-state index in [-0.39, 0.29) is 5.97 Å². The van der Waals surface area contributed by atoms with Crippen LogP contribution in [0.4, 0.5) is 0 Å². The first kappa shape index (κ1) is 17.3. The van der Waals surface area contributed by atoms with E-state index in [1.165, 1.54) is 0 Å². The fourth-order valence-electron chi connectivity index (χ4n) is 1.84. The molecule has 0 heterocycles. The van der Waals surface area contributed by atoms with Crippen molar-refractivity contribution in [1.29, 1.82) is 0 Å². The minimum atomic E-state index is -0.320. The fourth-order valence-corrected chi connectivity index (χ4v) is 1.84. The Morgan fingerprint density at radius 1 is 1.00 bits per heavy atom. The number of carbonyl (C=O) groups excluding carboxylic acids is 1. The summed E-state index contributed by atoms with van der Waals surface area (Å²) in [4.78, 5) is 11.9. The Labute approximate surface area is 127 Å². The zero-order valence-electron chi connectivity index (χ0n) is 13.3. The Bertz CT molecular complexity index is 429. The van der Waals surface area contributed by atoms with E-state index in [2.05, 4.69) is 13.8 Å². The number of benzene rings is 1. The van der Waals surface area contributed by atoms with E-state index in [0.717, 1.165) is 32.1 Å². The summed E-state index contributed by atoms with van der Waals surface area (Å²) in [6.07, 6.45) is 5.19. The molecule has 0 fully saturated rings. The van der Waals surface area contributed by atoms with Crippen molar-refractivity contribution in [3.05, 3.63) is 23.8 Å². The topological polar surface area (TPSA) is 44.8 Å². The normalized spacial score (nSPS) is 10.2. The van der Waals surface area contributed by atoms with E-state index < -0.39 is 0 Å². The molecule has 0 aromatic heterocycles. The van der Waals surface area contributed by atoms with Gasteiger partial charge in [0.2, 0.25) is 0 Å². The first-order chi connectivity index (χ1) is 10.2. The summed E-state index contributed by atoms with van der Waals surface area (Å²) in [6.45, 7) is 5.32. The predicted molar refractivity (Wildman–Crippen MR) is 83.2 cm³/mol. The molecule has 4 nitrogen and oxygen atoms in total. The largest absolute Gasteiger partial charge is 0.493 e. The number of esters is 1. The van der Waals surface area contributed by atoms with Crippen LogP contribution in [-0.4, -0.2) is 26.3 Å². The summed E-state index contributed by atoms with van der Waals surface area (Å²) in [5.74, 6) is 0.912. The maximum absolute atomic E-state index is 11.9. The van der Waals surface area contributed by atoms with Crippen molar-refractivity contribution in [3.8, 4) is 11.5 Å². The van der Waals surface area contributed by atoms with Crippen LogP contribution in [0.25, 0.3) is 0 Å². The van der Waals surface area contributed by atoms with Gasteiger partial charge in [-0.15, -0.1) is 0 Å². The zero-order chi connectivity index (χ0) is 15.5. The number of hydrogen-bond donors (Lipinski definition) is 0. The molecule has 0 aliphatic heterocycles. The highest BCUT2D eigenvalue weighted by atomic mass is 16.5. The van der Waals surface area contributed by atoms with E-state index >= 15 is 0 Å². The molecule has 0 aliphatic rings. The lowest BCUT2D eigenvalue weighted by atomic mass is 10.2. The highest BCUT2D eigenvalue weighted by Gasteiger charge is 2.12. The Hall–Kier alpha value is -1.71. The van der Waals surface area contributed by atoms with Crippen LogP contribution < -0.4 is 9.47 Å². The van der Waals surface area contributed by atoms with Crippen molar-refractivity contribution in [2.24, 2.45) is 0 Å². The maximum Gasteiger partial charge on any atom is 0.338 e. The second kappa shape index (κ2) is 10.1. The number of unbranched alkanes of at least 4 members (excludes halogenated alkanes) is 3. The number of methoxy groups -OCH3 is 1. The average Bonchev–Trinajstić information content (AvgIpc) is 2.51. The van der Waals surface area contributed by atoms with Gasteiger partial charge in [0.05, 0.1) is 25.9 Å². The SMILES string of the molecule is CCCCCOc1ccc(C(=O)OCCCC)cc1OC. The molecule has 1 aromatic rings. The molecule has 0 aliphatic carbocycles. The van der Waals surface area contributed by atoms with Gasteiger partial charge in [-0.25, -0.2) is 4.79 Å². The molecule has 0 atom stereocenters. The van der Waals surface area contributed by atoms with Crippen LogP contribution in [0.3, 0.4) is 0 Å². The Kier molecular flexibility index (Phi) is 8.32. The molecule has 0 saturated heterocycles. The van der Waals surface area contributed by atoms with E-state index in [1.54, 1.807) is 25.3 Å². The molecule has 0 bridgehead atoms. The molecule has 4 heteroatoms. The summed E-state index contributed by atoms with van der Waals surface area (Å²) >= 11 is 0.